The first-order valence-corrected chi connectivity index (χ1v) is 10.3. The van der Waals surface area contributed by atoms with E-state index in [-0.39, 0.29) is 11.8 Å². The van der Waals surface area contributed by atoms with Crippen LogP contribution in [0.4, 0.5) is 0 Å². The molecule has 4 heterocycles. The van der Waals surface area contributed by atoms with Gasteiger partial charge in [0.25, 0.3) is 11.8 Å². The van der Waals surface area contributed by atoms with Gasteiger partial charge in [-0.25, -0.2) is 4.98 Å². The van der Waals surface area contributed by atoms with Gasteiger partial charge >= 0.3 is 0 Å². The van der Waals surface area contributed by atoms with Gasteiger partial charge in [-0.2, -0.15) is 0 Å². The minimum atomic E-state index is -0.632. The number of ether oxygens (including phenoxy) is 1. The number of hydrogen-bond donors (Lipinski definition) is 1. The second-order valence-corrected chi connectivity index (χ2v) is 8.44. The number of nitrogens with zero attached hydrogens (tertiary/aromatic N) is 4. The monoisotopic (exact) mass is 399 g/mol. The van der Waals surface area contributed by atoms with Crippen molar-refractivity contribution >= 4 is 11.8 Å². The highest BCUT2D eigenvalue weighted by Gasteiger charge is 2.47. The van der Waals surface area contributed by atoms with Gasteiger partial charge in [-0.05, 0) is 18.1 Å². The van der Waals surface area contributed by atoms with E-state index in [1.54, 1.807) is 6.20 Å². The van der Waals surface area contributed by atoms with Crippen LogP contribution < -0.4 is 5.32 Å². The van der Waals surface area contributed by atoms with Crippen molar-refractivity contribution in [1.82, 2.24) is 24.3 Å². The van der Waals surface area contributed by atoms with E-state index in [2.05, 4.69) is 24.1 Å². The Bertz CT molecular complexity index is 892. The first kappa shape index (κ1) is 19.7. The second kappa shape index (κ2) is 7.67. The number of amides is 2. The summed E-state index contributed by atoms with van der Waals surface area (Å²) in [6.45, 7) is 6.36. The van der Waals surface area contributed by atoms with Crippen molar-refractivity contribution in [3.63, 3.8) is 0 Å². The molecule has 2 aliphatic rings. The largest absolute Gasteiger partial charge is 0.354 e. The van der Waals surface area contributed by atoms with Gasteiger partial charge in [0.05, 0.1) is 6.54 Å². The summed E-state index contributed by atoms with van der Waals surface area (Å²) in [5.41, 5.74) is 0.0463. The third-order valence-corrected chi connectivity index (χ3v) is 5.85. The number of aryl methyl sites for hydroxylation is 1. The Kier molecular flexibility index (Phi) is 5.21. The zero-order valence-electron chi connectivity index (χ0n) is 17.3. The summed E-state index contributed by atoms with van der Waals surface area (Å²) in [6.07, 6.45) is 6.23. The van der Waals surface area contributed by atoms with Crippen LogP contribution in [-0.2, 0) is 28.7 Å². The van der Waals surface area contributed by atoms with E-state index in [0.717, 1.165) is 5.82 Å². The van der Waals surface area contributed by atoms with Crippen molar-refractivity contribution < 1.29 is 14.3 Å². The molecule has 0 bridgehead atoms. The molecule has 1 N–H and O–H groups in total. The highest BCUT2D eigenvalue weighted by molar-refractivity contribution is 5.92. The molecule has 2 amide bonds. The maximum Gasteiger partial charge on any atom is 0.270 e. The Morgan fingerprint density at radius 2 is 2.07 bits per heavy atom. The molecule has 8 nitrogen and oxygen atoms in total. The van der Waals surface area contributed by atoms with Crippen molar-refractivity contribution in [2.45, 2.75) is 44.9 Å². The maximum atomic E-state index is 12.8. The van der Waals surface area contributed by atoms with Crippen LogP contribution in [0.3, 0.4) is 0 Å². The Labute approximate surface area is 170 Å². The van der Waals surface area contributed by atoms with Crippen LogP contribution in [0.2, 0.25) is 0 Å². The number of carbonyl (C=O) groups is 2. The highest BCUT2D eigenvalue weighted by Crippen LogP contribution is 2.40. The van der Waals surface area contributed by atoms with Crippen LogP contribution in [-0.4, -0.2) is 56.6 Å². The molecule has 156 valence electrons. The smallest absolute Gasteiger partial charge is 0.270 e. The van der Waals surface area contributed by atoms with E-state index < -0.39 is 11.7 Å². The minimum absolute atomic E-state index is 0.0257. The van der Waals surface area contributed by atoms with Crippen molar-refractivity contribution in [1.29, 1.82) is 0 Å². The summed E-state index contributed by atoms with van der Waals surface area (Å²) >= 11 is 0. The summed E-state index contributed by atoms with van der Waals surface area (Å²) < 4.78 is 10.3. The Morgan fingerprint density at radius 3 is 2.72 bits per heavy atom. The number of piperidine rings is 1. The van der Waals surface area contributed by atoms with E-state index in [0.29, 0.717) is 50.6 Å². The average molecular weight is 399 g/mol. The summed E-state index contributed by atoms with van der Waals surface area (Å²) in [4.78, 5) is 31.9. The third kappa shape index (κ3) is 3.69. The van der Waals surface area contributed by atoms with Gasteiger partial charge in [0.1, 0.15) is 17.1 Å². The van der Waals surface area contributed by atoms with Crippen molar-refractivity contribution in [3.8, 4) is 0 Å². The summed E-state index contributed by atoms with van der Waals surface area (Å²) in [5.74, 6) is 1.18. The van der Waals surface area contributed by atoms with Crippen molar-refractivity contribution in [2.75, 3.05) is 19.6 Å². The van der Waals surface area contributed by atoms with Crippen LogP contribution in [0.25, 0.3) is 0 Å². The molecule has 2 aromatic rings. The quantitative estimate of drug-likeness (QED) is 0.845. The van der Waals surface area contributed by atoms with Gasteiger partial charge in [0, 0.05) is 58.1 Å². The third-order valence-electron chi connectivity index (χ3n) is 5.85. The molecule has 1 saturated heterocycles. The number of nitrogens with one attached hydrogen (secondary N) is 1. The molecule has 0 aromatic carbocycles. The van der Waals surface area contributed by atoms with Gasteiger partial charge in [-0.3, -0.25) is 9.59 Å². The number of aromatic nitrogens is 3. The number of rotatable bonds is 4. The minimum Gasteiger partial charge on any atom is -0.354 e. The van der Waals surface area contributed by atoms with E-state index in [4.69, 9.17) is 4.74 Å². The average Bonchev–Trinajstić information content (AvgIpc) is 3.35. The SMILES string of the molecule is CC(C)CNC(=O)[C@H]1Cn2ccnc2C2(CCN(C(=O)c3cccn3C)CC2)O1. The number of likely N-dealkylation sites (tertiary alicyclic amines) is 1. The Morgan fingerprint density at radius 1 is 1.31 bits per heavy atom. The lowest BCUT2D eigenvalue weighted by molar-refractivity contribution is -0.172. The predicted octanol–water partition coefficient (Wildman–Crippen LogP) is 1.52. The Balaban J connectivity index is 1.49. The number of hydrogen-bond acceptors (Lipinski definition) is 4. The molecule has 0 unspecified atom stereocenters. The molecule has 8 heteroatoms. The van der Waals surface area contributed by atoms with Gasteiger partial charge in [-0.1, -0.05) is 13.8 Å². The van der Waals surface area contributed by atoms with E-state index >= 15 is 0 Å². The molecule has 1 spiro atoms. The fraction of sp³-hybridized carbons (Fsp3) is 0.571. The van der Waals surface area contributed by atoms with Crippen LogP contribution in [0.1, 0.15) is 43.0 Å². The molecule has 0 saturated carbocycles. The zero-order chi connectivity index (χ0) is 20.6. The number of carbonyl (C=O) groups excluding carboxylic acids is 2. The van der Waals surface area contributed by atoms with Gasteiger partial charge < -0.3 is 24.1 Å². The molecule has 1 fully saturated rings. The van der Waals surface area contributed by atoms with E-state index in [9.17, 15) is 9.59 Å². The van der Waals surface area contributed by atoms with Gasteiger partial charge in [-0.15, -0.1) is 0 Å². The topological polar surface area (TPSA) is 81.4 Å². The normalized spacial score (nSPS) is 20.7. The molecule has 4 rings (SSSR count). The maximum absolute atomic E-state index is 12.8. The number of imidazole rings is 1. The van der Waals surface area contributed by atoms with E-state index in [1.807, 2.05) is 45.6 Å². The van der Waals surface area contributed by atoms with Crippen molar-refractivity contribution in [2.24, 2.45) is 13.0 Å². The van der Waals surface area contributed by atoms with Gasteiger partial charge in [0.2, 0.25) is 0 Å². The lowest BCUT2D eigenvalue weighted by Gasteiger charge is -2.45. The van der Waals surface area contributed by atoms with Crippen LogP contribution in [0, 0.1) is 5.92 Å². The van der Waals surface area contributed by atoms with Crippen LogP contribution >= 0.6 is 0 Å². The first-order valence-electron chi connectivity index (χ1n) is 10.3. The van der Waals surface area contributed by atoms with E-state index in [1.165, 1.54) is 0 Å². The first-order chi connectivity index (χ1) is 13.9. The lowest BCUT2D eigenvalue weighted by Crippen LogP contribution is -2.55. The predicted molar refractivity (Wildman–Crippen MR) is 107 cm³/mol. The molecular formula is C21H29N5O3. The highest BCUT2D eigenvalue weighted by atomic mass is 16.5. The Hall–Kier alpha value is -2.61. The fourth-order valence-electron chi connectivity index (χ4n) is 4.21. The van der Waals surface area contributed by atoms with Crippen molar-refractivity contribution in [3.05, 3.63) is 42.2 Å². The molecule has 29 heavy (non-hydrogen) atoms. The standard InChI is InChI=1S/C21H29N5O3/c1-15(2)13-23-18(27)17-14-26-12-8-22-20(26)21(29-17)6-10-25(11-7-21)19(28)16-5-4-9-24(16)3/h4-5,8-9,12,15,17H,6-7,10-11,13-14H2,1-3H3,(H,23,27)/t17-/m1/s1. The van der Waals surface area contributed by atoms with Crippen LogP contribution in [0.5, 0.6) is 0 Å². The molecule has 0 radical (unpaired) electrons. The lowest BCUT2D eigenvalue weighted by atomic mass is 9.88. The van der Waals surface area contributed by atoms with Gasteiger partial charge in [0.15, 0.2) is 6.10 Å². The number of fused-ring (bicyclic) bond motifs is 2. The summed E-state index contributed by atoms with van der Waals surface area (Å²) in [7, 11) is 1.88. The molecular weight excluding hydrogens is 370 g/mol. The molecule has 1 atom stereocenters. The fourth-order valence-corrected chi connectivity index (χ4v) is 4.21. The summed E-state index contributed by atoms with van der Waals surface area (Å²) in [5, 5.41) is 2.98. The van der Waals surface area contributed by atoms with Crippen LogP contribution in [0.15, 0.2) is 30.7 Å². The molecule has 2 aliphatic heterocycles. The second-order valence-electron chi connectivity index (χ2n) is 8.44. The summed E-state index contributed by atoms with van der Waals surface area (Å²) in [6, 6.07) is 3.71. The zero-order valence-corrected chi connectivity index (χ0v) is 17.3. The molecule has 2 aromatic heterocycles. The molecule has 0 aliphatic carbocycles.